The second kappa shape index (κ2) is 10.6. The summed E-state index contributed by atoms with van der Waals surface area (Å²) in [7, 11) is 0. The number of aliphatic hydroxyl groups excluding tert-OH is 1. The number of imidazole rings is 1. The van der Waals surface area contributed by atoms with Crippen LogP contribution in [-0.4, -0.2) is 38.3 Å². The number of hydrogen-bond donors (Lipinski definition) is 3. The molecule has 1 amide bonds. The molecule has 188 valence electrons. The summed E-state index contributed by atoms with van der Waals surface area (Å²) in [5.74, 6) is -0.980. The van der Waals surface area contributed by atoms with Crippen LogP contribution in [0.1, 0.15) is 54.0 Å². The maximum atomic E-state index is 13.7. The molecule has 0 aliphatic rings. The van der Waals surface area contributed by atoms with Gasteiger partial charge in [0, 0.05) is 18.7 Å². The van der Waals surface area contributed by atoms with Gasteiger partial charge in [0.15, 0.2) is 11.4 Å². The van der Waals surface area contributed by atoms with Gasteiger partial charge < -0.3 is 20.1 Å². The highest BCUT2D eigenvalue weighted by molar-refractivity contribution is 5.97. The number of aromatic nitrogens is 2. The fraction of sp³-hybridized carbons (Fsp3) is 0.286. The molecule has 0 radical (unpaired) electrons. The van der Waals surface area contributed by atoms with Crippen LogP contribution >= 0.6 is 0 Å². The summed E-state index contributed by atoms with van der Waals surface area (Å²) in [6.45, 7) is 4.41. The Hall–Kier alpha value is -3.62. The molecule has 0 saturated carbocycles. The molecule has 1 atom stereocenters. The number of fused-ring (bicyclic) bond motifs is 1. The molecule has 0 aliphatic heterocycles. The Labute approximate surface area is 208 Å². The molecule has 1 aromatic heterocycles. The number of carbonyl (C=O) groups excluding carboxylic acids is 1. The van der Waals surface area contributed by atoms with Gasteiger partial charge in [0.25, 0.3) is 5.91 Å². The van der Waals surface area contributed by atoms with Gasteiger partial charge in [-0.15, -0.1) is 0 Å². The van der Waals surface area contributed by atoms with Crippen LogP contribution in [-0.2, 0) is 12.1 Å². The Bertz CT molecular complexity index is 1310. The molecule has 6 nitrogen and oxygen atoms in total. The number of nitrogens with one attached hydrogen (secondary N) is 1. The number of halogens is 2. The highest BCUT2D eigenvalue weighted by atomic mass is 19.1. The highest BCUT2D eigenvalue weighted by Crippen LogP contribution is 2.38. The summed E-state index contributed by atoms with van der Waals surface area (Å²) in [6.07, 6.45) is 0.792. The van der Waals surface area contributed by atoms with Gasteiger partial charge in [0.2, 0.25) is 0 Å². The lowest BCUT2D eigenvalue weighted by Gasteiger charge is -2.29. The molecule has 36 heavy (non-hydrogen) atoms. The zero-order valence-corrected chi connectivity index (χ0v) is 20.2. The summed E-state index contributed by atoms with van der Waals surface area (Å²) < 4.78 is 29.2. The van der Waals surface area contributed by atoms with Gasteiger partial charge in [-0.25, -0.2) is 13.8 Å². The van der Waals surface area contributed by atoms with Crippen molar-refractivity contribution in [1.82, 2.24) is 14.9 Å². The van der Waals surface area contributed by atoms with Crippen LogP contribution in [0.3, 0.4) is 0 Å². The first kappa shape index (κ1) is 25.5. The van der Waals surface area contributed by atoms with Gasteiger partial charge >= 0.3 is 0 Å². The molecule has 8 heteroatoms. The fourth-order valence-electron chi connectivity index (χ4n) is 4.42. The van der Waals surface area contributed by atoms with Crippen molar-refractivity contribution in [2.75, 3.05) is 6.54 Å². The van der Waals surface area contributed by atoms with Crippen LogP contribution in [0, 0.1) is 11.6 Å². The standard InChI is InChI=1S/C28H29F2N3O3/c1-3-5-23(34)17-31-26(35)18-6-15-24-25(16-18)33(4-2)27(32-24)28(36,19-7-11-21(29)12-8-19)20-9-13-22(30)14-10-20/h6-16,23,34,36H,3-5,17H2,1-2H3,(H,31,35). The van der Waals surface area contributed by atoms with Crippen LogP contribution in [0.2, 0.25) is 0 Å². The number of carbonyl (C=O) groups is 1. The van der Waals surface area contributed by atoms with Crippen molar-refractivity contribution in [3.8, 4) is 0 Å². The highest BCUT2D eigenvalue weighted by Gasteiger charge is 2.39. The molecule has 3 N–H and O–H groups in total. The topological polar surface area (TPSA) is 87.4 Å². The Morgan fingerprint density at radius 3 is 2.11 bits per heavy atom. The Morgan fingerprint density at radius 2 is 1.58 bits per heavy atom. The maximum Gasteiger partial charge on any atom is 0.251 e. The van der Waals surface area contributed by atoms with Crippen LogP contribution in [0.5, 0.6) is 0 Å². The monoisotopic (exact) mass is 493 g/mol. The molecule has 0 saturated heterocycles. The van der Waals surface area contributed by atoms with E-state index < -0.39 is 23.3 Å². The molecule has 4 rings (SSSR count). The number of nitrogens with zero attached hydrogens (tertiary/aromatic N) is 2. The quantitative estimate of drug-likeness (QED) is 0.320. The van der Waals surface area contributed by atoms with E-state index in [0.29, 0.717) is 40.7 Å². The lowest BCUT2D eigenvalue weighted by Crippen LogP contribution is -2.33. The Kier molecular flexibility index (Phi) is 7.47. The number of rotatable bonds is 9. The van der Waals surface area contributed by atoms with E-state index in [4.69, 9.17) is 4.98 Å². The number of aryl methyl sites for hydroxylation is 1. The van der Waals surface area contributed by atoms with Crippen LogP contribution in [0.15, 0.2) is 66.7 Å². The van der Waals surface area contributed by atoms with Gasteiger partial charge in [0.1, 0.15) is 11.6 Å². The van der Waals surface area contributed by atoms with E-state index >= 15 is 0 Å². The van der Waals surface area contributed by atoms with E-state index in [2.05, 4.69) is 5.32 Å². The molecule has 3 aromatic carbocycles. The second-order valence-corrected chi connectivity index (χ2v) is 8.76. The minimum atomic E-state index is -1.82. The predicted octanol–water partition coefficient (Wildman–Crippen LogP) is 4.51. The van der Waals surface area contributed by atoms with Gasteiger partial charge in [-0.3, -0.25) is 4.79 Å². The third kappa shape index (κ3) is 4.87. The average Bonchev–Trinajstić information content (AvgIpc) is 3.26. The van der Waals surface area contributed by atoms with Crippen LogP contribution in [0.4, 0.5) is 8.78 Å². The zero-order valence-electron chi connectivity index (χ0n) is 20.2. The fourth-order valence-corrected chi connectivity index (χ4v) is 4.42. The van der Waals surface area contributed by atoms with Gasteiger partial charge in [-0.05, 0) is 66.9 Å². The molecule has 0 spiro atoms. The molecule has 1 heterocycles. The van der Waals surface area contributed by atoms with Crippen molar-refractivity contribution in [3.63, 3.8) is 0 Å². The van der Waals surface area contributed by atoms with Crippen molar-refractivity contribution < 1.29 is 23.8 Å². The summed E-state index contributed by atoms with van der Waals surface area (Å²) >= 11 is 0. The first-order chi connectivity index (χ1) is 17.3. The summed E-state index contributed by atoms with van der Waals surface area (Å²) in [4.78, 5) is 17.4. The van der Waals surface area contributed by atoms with Crippen molar-refractivity contribution in [2.45, 2.75) is 44.9 Å². The van der Waals surface area contributed by atoms with Crippen molar-refractivity contribution in [3.05, 3.63) is 101 Å². The van der Waals surface area contributed by atoms with Gasteiger partial charge in [-0.1, -0.05) is 37.6 Å². The summed E-state index contributed by atoms with van der Waals surface area (Å²) in [5.41, 5.74) is 0.476. The molecular weight excluding hydrogens is 464 g/mol. The molecule has 1 unspecified atom stereocenters. The Balaban J connectivity index is 1.82. The van der Waals surface area contributed by atoms with E-state index in [0.717, 1.165) is 6.42 Å². The normalized spacial score (nSPS) is 12.6. The number of amides is 1. The van der Waals surface area contributed by atoms with E-state index in [-0.39, 0.29) is 18.3 Å². The van der Waals surface area contributed by atoms with Crippen molar-refractivity contribution in [2.24, 2.45) is 0 Å². The number of aliphatic hydroxyl groups is 2. The van der Waals surface area contributed by atoms with E-state index in [9.17, 15) is 23.8 Å². The third-order valence-electron chi connectivity index (χ3n) is 6.29. The molecule has 4 aromatic rings. The van der Waals surface area contributed by atoms with E-state index in [1.54, 1.807) is 22.8 Å². The second-order valence-electron chi connectivity index (χ2n) is 8.76. The largest absolute Gasteiger partial charge is 0.391 e. The van der Waals surface area contributed by atoms with E-state index in [1.165, 1.54) is 48.5 Å². The van der Waals surface area contributed by atoms with Crippen molar-refractivity contribution >= 4 is 16.9 Å². The lowest BCUT2D eigenvalue weighted by atomic mass is 9.85. The molecule has 0 aliphatic carbocycles. The smallest absolute Gasteiger partial charge is 0.251 e. The van der Waals surface area contributed by atoms with Gasteiger partial charge in [0.05, 0.1) is 17.1 Å². The minimum absolute atomic E-state index is 0.151. The first-order valence-corrected chi connectivity index (χ1v) is 12.0. The SMILES string of the molecule is CCCC(O)CNC(=O)c1ccc2nc(C(O)(c3ccc(F)cc3)c3ccc(F)cc3)n(CC)c2c1. The predicted molar refractivity (Wildman–Crippen MR) is 134 cm³/mol. The summed E-state index contributed by atoms with van der Waals surface area (Å²) in [6, 6.07) is 15.9. The number of hydrogen-bond acceptors (Lipinski definition) is 4. The molecule has 0 fully saturated rings. The van der Waals surface area contributed by atoms with Crippen LogP contribution in [0.25, 0.3) is 11.0 Å². The average molecular weight is 494 g/mol. The number of benzene rings is 3. The first-order valence-electron chi connectivity index (χ1n) is 12.0. The maximum absolute atomic E-state index is 13.7. The third-order valence-corrected chi connectivity index (χ3v) is 6.29. The van der Waals surface area contributed by atoms with Crippen molar-refractivity contribution in [1.29, 1.82) is 0 Å². The Morgan fingerprint density at radius 1 is 1.00 bits per heavy atom. The molecule has 0 bridgehead atoms. The minimum Gasteiger partial charge on any atom is -0.391 e. The van der Waals surface area contributed by atoms with Crippen LogP contribution < -0.4 is 5.32 Å². The lowest BCUT2D eigenvalue weighted by molar-refractivity contribution is 0.0910. The van der Waals surface area contributed by atoms with Gasteiger partial charge in [-0.2, -0.15) is 0 Å². The molecular formula is C28H29F2N3O3. The van der Waals surface area contributed by atoms with E-state index in [1.807, 2.05) is 13.8 Å². The summed E-state index contributed by atoms with van der Waals surface area (Å²) in [5, 5.41) is 24.8. The zero-order chi connectivity index (χ0) is 25.9.